The first-order valence-corrected chi connectivity index (χ1v) is 11.4. The molecule has 2 unspecified atom stereocenters. The Morgan fingerprint density at radius 1 is 1.07 bits per heavy atom. The molecule has 0 bridgehead atoms. The minimum absolute atomic E-state index is 0.149. The zero-order valence-corrected chi connectivity index (χ0v) is 18.0. The first-order valence-electron chi connectivity index (χ1n) is 9.86. The van der Waals surface area contributed by atoms with Crippen LogP contribution in [0.5, 0.6) is 0 Å². The van der Waals surface area contributed by atoms with Crippen molar-refractivity contribution < 1.29 is 4.21 Å². The highest BCUT2D eigenvalue weighted by Gasteiger charge is 2.24. The van der Waals surface area contributed by atoms with Crippen molar-refractivity contribution in [2.24, 2.45) is 0 Å². The Bertz CT molecular complexity index is 1080. The van der Waals surface area contributed by atoms with E-state index < -0.39 is 11.0 Å². The summed E-state index contributed by atoms with van der Waals surface area (Å²) in [5.41, 5.74) is 4.05. The van der Waals surface area contributed by atoms with E-state index in [-0.39, 0.29) is 6.04 Å². The van der Waals surface area contributed by atoms with E-state index >= 15 is 0 Å². The molecule has 2 atom stereocenters. The van der Waals surface area contributed by atoms with Crippen molar-refractivity contribution in [3.8, 4) is 17.2 Å². The summed E-state index contributed by atoms with van der Waals surface area (Å²) in [6.45, 7) is 2.67. The fourth-order valence-electron chi connectivity index (χ4n) is 3.69. The summed E-state index contributed by atoms with van der Waals surface area (Å²) in [6.07, 6.45) is 0.937. The maximum absolute atomic E-state index is 12.6. The zero-order chi connectivity index (χ0) is 20.9. The Hall–Kier alpha value is -2.49. The van der Waals surface area contributed by atoms with E-state index in [9.17, 15) is 4.21 Å². The van der Waals surface area contributed by atoms with E-state index in [0.717, 1.165) is 26.1 Å². The summed E-state index contributed by atoms with van der Waals surface area (Å²) in [4.78, 5) is 2.94. The molecule has 1 aliphatic heterocycles. The SMILES string of the molecule is N#Cc1cc(S(=O)NC2CCN(Cc3ccc(-c4ccccc4)cc3)C2)ccc1Cl. The molecule has 0 aliphatic carbocycles. The molecular weight excluding hydrogens is 414 g/mol. The summed E-state index contributed by atoms with van der Waals surface area (Å²) in [7, 11) is -1.37. The molecule has 4 nitrogen and oxygen atoms in total. The second kappa shape index (κ2) is 9.55. The predicted octanol–water partition coefficient (Wildman–Crippen LogP) is 4.77. The van der Waals surface area contributed by atoms with Gasteiger partial charge in [-0.15, -0.1) is 0 Å². The molecular formula is C24H22ClN3OS. The van der Waals surface area contributed by atoms with Gasteiger partial charge in [-0.1, -0.05) is 66.2 Å². The van der Waals surface area contributed by atoms with Gasteiger partial charge >= 0.3 is 0 Å². The Morgan fingerprint density at radius 2 is 1.80 bits per heavy atom. The molecule has 30 heavy (non-hydrogen) atoms. The number of nitrogens with one attached hydrogen (secondary N) is 1. The van der Waals surface area contributed by atoms with Crippen LogP contribution in [0.15, 0.2) is 77.7 Å². The molecule has 0 radical (unpaired) electrons. The predicted molar refractivity (Wildman–Crippen MR) is 121 cm³/mol. The first kappa shape index (κ1) is 20.8. The number of hydrogen-bond acceptors (Lipinski definition) is 3. The van der Waals surface area contributed by atoms with Crippen molar-refractivity contribution in [3.63, 3.8) is 0 Å². The second-order valence-electron chi connectivity index (χ2n) is 7.42. The third kappa shape index (κ3) is 4.97. The van der Waals surface area contributed by atoms with E-state index in [0.29, 0.717) is 15.5 Å². The van der Waals surface area contributed by atoms with Gasteiger partial charge in [-0.2, -0.15) is 5.26 Å². The molecule has 3 aromatic rings. The standard InChI is InChI=1S/C24H22ClN3OS/c25-24-11-10-23(14-21(24)15-26)30(29)27-22-12-13-28(17-22)16-18-6-8-20(9-7-18)19-4-2-1-3-5-19/h1-11,14,22,27H,12-13,16-17H2. The number of nitrogens with zero attached hydrogens (tertiary/aromatic N) is 2. The van der Waals surface area contributed by atoms with E-state index in [1.165, 1.54) is 16.7 Å². The maximum Gasteiger partial charge on any atom is 0.125 e. The number of halogens is 1. The lowest BCUT2D eigenvalue weighted by atomic mass is 10.0. The van der Waals surface area contributed by atoms with Gasteiger partial charge in [0.1, 0.15) is 17.1 Å². The fraction of sp³-hybridized carbons (Fsp3) is 0.208. The third-order valence-corrected chi connectivity index (χ3v) is 6.84. The lowest BCUT2D eigenvalue weighted by molar-refractivity contribution is 0.325. The van der Waals surface area contributed by atoms with Gasteiger partial charge in [-0.05, 0) is 41.3 Å². The Morgan fingerprint density at radius 3 is 2.53 bits per heavy atom. The van der Waals surface area contributed by atoms with Gasteiger partial charge in [0.05, 0.1) is 15.5 Å². The average Bonchev–Trinajstić information content (AvgIpc) is 3.21. The maximum atomic E-state index is 12.6. The summed E-state index contributed by atoms with van der Waals surface area (Å²) in [5, 5.41) is 9.48. The van der Waals surface area contributed by atoms with Gasteiger partial charge in [0, 0.05) is 25.7 Å². The summed E-state index contributed by atoms with van der Waals surface area (Å²) >= 11 is 5.96. The molecule has 1 fully saturated rings. The van der Waals surface area contributed by atoms with Gasteiger partial charge in [-0.3, -0.25) is 4.90 Å². The molecule has 3 aromatic carbocycles. The van der Waals surface area contributed by atoms with Crippen LogP contribution in [0.25, 0.3) is 11.1 Å². The molecule has 1 saturated heterocycles. The molecule has 152 valence electrons. The van der Waals surface area contributed by atoms with Crippen LogP contribution in [-0.4, -0.2) is 28.2 Å². The van der Waals surface area contributed by atoms with Gasteiger partial charge in [0.2, 0.25) is 0 Å². The van der Waals surface area contributed by atoms with Gasteiger partial charge in [-0.25, -0.2) is 8.93 Å². The normalized spacial score (nSPS) is 17.5. The van der Waals surface area contributed by atoms with Gasteiger partial charge in [0.25, 0.3) is 0 Å². The zero-order valence-electron chi connectivity index (χ0n) is 16.4. The molecule has 0 spiro atoms. The topological polar surface area (TPSA) is 56.1 Å². The molecule has 0 aromatic heterocycles. The van der Waals surface area contributed by atoms with Crippen LogP contribution in [-0.2, 0) is 17.5 Å². The average molecular weight is 436 g/mol. The summed E-state index contributed by atoms with van der Waals surface area (Å²) in [6, 6.07) is 26.1. The molecule has 1 heterocycles. The van der Waals surface area contributed by atoms with E-state index in [1.54, 1.807) is 18.2 Å². The minimum atomic E-state index is -1.37. The van der Waals surface area contributed by atoms with Gasteiger partial charge < -0.3 is 0 Å². The first-order chi connectivity index (χ1) is 14.6. The fourth-order valence-corrected chi connectivity index (χ4v) is 4.90. The third-order valence-electron chi connectivity index (χ3n) is 5.29. The smallest absolute Gasteiger partial charge is 0.125 e. The van der Waals surface area contributed by atoms with Crippen LogP contribution in [0.1, 0.15) is 17.5 Å². The molecule has 1 N–H and O–H groups in total. The highest BCUT2D eigenvalue weighted by molar-refractivity contribution is 7.83. The van der Waals surface area contributed by atoms with Gasteiger partial charge in [0.15, 0.2) is 0 Å². The molecule has 4 rings (SSSR count). The molecule has 0 saturated carbocycles. The summed E-state index contributed by atoms with van der Waals surface area (Å²) in [5.74, 6) is 0. The van der Waals surface area contributed by atoms with E-state index in [1.807, 2.05) is 12.1 Å². The van der Waals surface area contributed by atoms with Crippen LogP contribution in [0.4, 0.5) is 0 Å². The molecule has 0 amide bonds. The number of rotatable bonds is 6. The molecule has 1 aliphatic rings. The molecule has 6 heteroatoms. The summed E-state index contributed by atoms with van der Waals surface area (Å²) < 4.78 is 15.8. The van der Waals surface area contributed by atoms with Crippen LogP contribution < -0.4 is 4.72 Å². The largest absolute Gasteiger partial charge is 0.297 e. The quantitative estimate of drug-likeness (QED) is 0.607. The second-order valence-corrected chi connectivity index (χ2v) is 9.08. The number of likely N-dealkylation sites (tertiary alicyclic amines) is 1. The number of benzene rings is 3. The Labute approximate surface area is 184 Å². The van der Waals surface area contributed by atoms with Crippen molar-refractivity contribution in [2.45, 2.75) is 23.9 Å². The van der Waals surface area contributed by atoms with Crippen LogP contribution in [0, 0.1) is 11.3 Å². The van der Waals surface area contributed by atoms with Crippen molar-refractivity contribution in [1.82, 2.24) is 9.62 Å². The van der Waals surface area contributed by atoms with Crippen LogP contribution >= 0.6 is 11.6 Å². The lowest BCUT2D eigenvalue weighted by Crippen LogP contribution is -2.33. The van der Waals surface area contributed by atoms with Crippen molar-refractivity contribution in [1.29, 1.82) is 5.26 Å². The number of nitriles is 1. The minimum Gasteiger partial charge on any atom is -0.297 e. The van der Waals surface area contributed by atoms with Crippen molar-refractivity contribution in [2.75, 3.05) is 13.1 Å². The highest BCUT2D eigenvalue weighted by Crippen LogP contribution is 2.22. The number of hydrogen-bond donors (Lipinski definition) is 1. The van der Waals surface area contributed by atoms with Crippen molar-refractivity contribution in [3.05, 3.63) is 88.9 Å². The van der Waals surface area contributed by atoms with Crippen LogP contribution in [0.3, 0.4) is 0 Å². The van der Waals surface area contributed by atoms with Crippen molar-refractivity contribution >= 4 is 22.6 Å². The lowest BCUT2D eigenvalue weighted by Gasteiger charge is -2.17. The van der Waals surface area contributed by atoms with E-state index in [4.69, 9.17) is 16.9 Å². The Kier molecular flexibility index (Phi) is 6.61. The highest BCUT2D eigenvalue weighted by atomic mass is 35.5. The van der Waals surface area contributed by atoms with E-state index in [2.05, 4.69) is 58.2 Å². The Balaban J connectivity index is 1.32. The monoisotopic (exact) mass is 435 g/mol. The van der Waals surface area contributed by atoms with Crippen LogP contribution in [0.2, 0.25) is 5.02 Å².